The standard InChI is InChI=1S/C13H14N2O2/c1-8(14)10-11(9-6-4-3-5-7-9)15(2)13(17)12(10)16/h3-7,11H,14H2,1-2H3/b10-8+/t11-/m1/s1. The molecule has 1 aromatic rings. The van der Waals surface area contributed by atoms with Crippen molar-refractivity contribution in [3.8, 4) is 0 Å². The van der Waals surface area contributed by atoms with Crippen molar-refractivity contribution in [3.63, 3.8) is 0 Å². The first-order valence-electron chi connectivity index (χ1n) is 5.36. The van der Waals surface area contributed by atoms with E-state index in [1.54, 1.807) is 14.0 Å². The monoisotopic (exact) mass is 230 g/mol. The van der Waals surface area contributed by atoms with Gasteiger partial charge in [-0.1, -0.05) is 30.3 Å². The Balaban J connectivity index is 2.56. The van der Waals surface area contributed by atoms with Crippen molar-refractivity contribution in [1.82, 2.24) is 4.90 Å². The maximum atomic E-state index is 11.8. The van der Waals surface area contributed by atoms with E-state index in [1.165, 1.54) is 4.90 Å². The van der Waals surface area contributed by atoms with Crippen LogP contribution in [0.4, 0.5) is 0 Å². The van der Waals surface area contributed by atoms with Crippen molar-refractivity contribution in [1.29, 1.82) is 0 Å². The number of ketones is 1. The number of hydrogen-bond donors (Lipinski definition) is 1. The summed E-state index contributed by atoms with van der Waals surface area (Å²) in [6.07, 6.45) is 0. The van der Waals surface area contributed by atoms with Crippen LogP contribution < -0.4 is 5.73 Å². The summed E-state index contributed by atoms with van der Waals surface area (Å²) >= 11 is 0. The van der Waals surface area contributed by atoms with Gasteiger partial charge in [0.2, 0.25) is 0 Å². The fourth-order valence-electron chi connectivity index (χ4n) is 2.13. The Morgan fingerprint density at radius 3 is 2.35 bits per heavy atom. The van der Waals surface area contributed by atoms with Gasteiger partial charge in [-0.3, -0.25) is 9.59 Å². The second-order valence-electron chi connectivity index (χ2n) is 4.16. The van der Waals surface area contributed by atoms with Crippen molar-refractivity contribution < 1.29 is 9.59 Å². The molecule has 4 nitrogen and oxygen atoms in total. The van der Waals surface area contributed by atoms with Gasteiger partial charge in [-0.25, -0.2) is 0 Å². The number of nitrogens with zero attached hydrogens (tertiary/aromatic N) is 1. The van der Waals surface area contributed by atoms with Gasteiger partial charge in [-0.2, -0.15) is 0 Å². The lowest BCUT2D eigenvalue weighted by atomic mass is 9.98. The molecule has 0 unspecified atom stereocenters. The first kappa shape index (κ1) is 11.4. The maximum absolute atomic E-state index is 11.8. The SMILES string of the molecule is C/C(N)=C1\C(=O)C(=O)N(C)[C@@H]1c1ccccc1. The third-order valence-electron chi connectivity index (χ3n) is 2.96. The number of rotatable bonds is 1. The van der Waals surface area contributed by atoms with E-state index in [2.05, 4.69) is 0 Å². The predicted octanol–water partition coefficient (Wildman–Crippen LogP) is 1.00. The van der Waals surface area contributed by atoms with Crippen LogP contribution in [0.5, 0.6) is 0 Å². The largest absolute Gasteiger partial charge is 0.402 e. The summed E-state index contributed by atoms with van der Waals surface area (Å²) in [5.41, 5.74) is 7.41. The van der Waals surface area contributed by atoms with Gasteiger partial charge >= 0.3 is 0 Å². The van der Waals surface area contributed by atoms with E-state index in [0.29, 0.717) is 11.3 Å². The molecule has 1 saturated heterocycles. The average molecular weight is 230 g/mol. The molecule has 17 heavy (non-hydrogen) atoms. The van der Waals surface area contributed by atoms with Gasteiger partial charge in [-0.15, -0.1) is 0 Å². The van der Waals surface area contributed by atoms with Gasteiger partial charge in [0.05, 0.1) is 11.6 Å². The Kier molecular flexibility index (Phi) is 2.71. The molecule has 0 aliphatic carbocycles. The van der Waals surface area contributed by atoms with Crippen LogP contribution in [0, 0.1) is 0 Å². The third kappa shape index (κ3) is 1.71. The van der Waals surface area contributed by atoms with E-state index < -0.39 is 11.7 Å². The van der Waals surface area contributed by atoms with E-state index >= 15 is 0 Å². The highest BCUT2D eigenvalue weighted by molar-refractivity contribution is 6.45. The molecule has 0 spiro atoms. The zero-order chi connectivity index (χ0) is 12.6. The number of benzene rings is 1. The molecule has 2 rings (SSSR count). The molecule has 88 valence electrons. The predicted molar refractivity (Wildman–Crippen MR) is 63.8 cm³/mol. The second-order valence-corrected chi connectivity index (χ2v) is 4.16. The van der Waals surface area contributed by atoms with Crippen molar-refractivity contribution in [3.05, 3.63) is 47.2 Å². The van der Waals surface area contributed by atoms with Crippen LogP contribution in [-0.4, -0.2) is 23.6 Å². The zero-order valence-corrected chi connectivity index (χ0v) is 9.81. The van der Waals surface area contributed by atoms with E-state index in [1.807, 2.05) is 30.3 Å². The fourth-order valence-corrected chi connectivity index (χ4v) is 2.13. The van der Waals surface area contributed by atoms with Crippen molar-refractivity contribution in [2.75, 3.05) is 7.05 Å². The molecule has 1 aliphatic rings. The summed E-state index contributed by atoms with van der Waals surface area (Å²) in [6, 6.07) is 9.05. The minimum Gasteiger partial charge on any atom is -0.402 e. The number of allylic oxidation sites excluding steroid dienone is 1. The molecule has 4 heteroatoms. The summed E-state index contributed by atoms with van der Waals surface area (Å²) in [7, 11) is 1.62. The number of likely N-dealkylation sites (tertiary alicyclic amines) is 1. The van der Waals surface area contributed by atoms with Crippen molar-refractivity contribution in [2.24, 2.45) is 5.73 Å². The van der Waals surface area contributed by atoms with Gasteiger partial charge < -0.3 is 10.6 Å². The Morgan fingerprint density at radius 1 is 1.24 bits per heavy atom. The lowest BCUT2D eigenvalue weighted by Gasteiger charge is -2.20. The molecule has 1 fully saturated rings. The smallest absolute Gasteiger partial charge is 0.295 e. The number of amides is 1. The van der Waals surface area contributed by atoms with E-state index in [4.69, 9.17) is 5.73 Å². The Labute approximate surface area is 99.7 Å². The van der Waals surface area contributed by atoms with Gasteiger partial charge in [-0.05, 0) is 12.5 Å². The number of carbonyl (C=O) groups excluding carboxylic acids is 2. The molecular weight excluding hydrogens is 216 g/mol. The number of nitrogens with two attached hydrogens (primary N) is 1. The molecule has 1 aliphatic heterocycles. The molecular formula is C13H14N2O2. The summed E-state index contributed by atoms with van der Waals surface area (Å²) < 4.78 is 0. The molecule has 1 heterocycles. The molecule has 0 saturated carbocycles. The third-order valence-corrected chi connectivity index (χ3v) is 2.96. The molecule has 0 aromatic heterocycles. The van der Waals surface area contributed by atoms with Crippen molar-refractivity contribution >= 4 is 11.7 Å². The zero-order valence-electron chi connectivity index (χ0n) is 9.81. The normalized spacial score (nSPS) is 23.2. The molecule has 0 radical (unpaired) electrons. The Bertz CT molecular complexity index is 501. The highest BCUT2D eigenvalue weighted by Gasteiger charge is 2.42. The summed E-state index contributed by atoms with van der Waals surface area (Å²) in [4.78, 5) is 24.9. The number of likely N-dealkylation sites (N-methyl/N-ethyl adjacent to an activating group) is 1. The van der Waals surface area contributed by atoms with Crippen LogP contribution in [-0.2, 0) is 9.59 Å². The molecule has 0 bridgehead atoms. The Hall–Kier alpha value is -2.10. The lowest BCUT2D eigenvalue weighted by molar-refractivity contribution is -0.139. The fraction of sp³-hybridized carbons (Fsp3) is 0.231. The first-order chi connectivity index (χ1) is 8.04. The molecule has 1 amide bonds. The minimum absolute atomic E-state index is 0.360. The summed E-state index contributed by atoms with van der Waals surface area (Å²) in [6.45, 7) is 1.65. The van der Waals surface area contributed by atoms with Crippen LogP contribution in [0.1, 0.15) is 18.5 Å². The van der Waals surface area contributed by atoms with E-state index in [9.17, 15) is 9.59 Å². The van der Waals surface area contributed by atoms with Crippen molar-refractivity contribution in [2.45, 2.75) is 13.0 Å². The van der Waals surface area contributed by atoms with Crippen LogP contribution >= 0.6 is 0 Å². The van der Waals surface area contributed by atoms with Gasteiger partial charge in [0.1, 0.15) is 0 Å². The van der Waals surface area contributed by atoms with Gasteiger partial charge in [0.15, 0.2) is 0 Å². The lowest BCUT2D eigenvalue weighted by Crippen LogP contribution is -2.24. The van der Waals surface area contributed by atoms with Crippen LogP contribution in [0.15, 0.2) is 41.6 Å². The summed E-state index contributed by atoms with van der Waals surface area (Å²) in [5.74, 6) is -1.000. The summed E-state index contributed by atoms with van der Waals surface area (Å²) in [5, 5.41) is 0. The number of Topliss-reactive ketones (excluding diaryl/α,β-unsaturated/α-hetero) is 1. The topological polar surface area (TPSA) is 63.4 Å². The van der Waals surface area contributed by atoms with E-state index in [-0.39, 0.29) is 6.04 Å². The first-order valence-corrected chi connectivity index (χ1v) is 5.36. The molecule has 1 aromatic carbocycles. The molecule has 1 atom stereocenters. The maximum Gasteiger partial charge on any atom is 0.295 e. The van der Waals surface area contributed by atoms with Crippen LogP contribution in [0.2, 0.25) is 0 Å². The van der Waals surface area contributed by atoms with Gasteiger partial charge in [0, 0.05) is 12.7 Å². The second kappa shape index (κ2) is 4.05. The number of hydrogen-bond acceptors (Lipinski definition) is 3. The highest BCUT2D eigenvalue weighted by atomic mass is 16.2. The van der Waals surface area contributed by atoms with Gasteiger partial charge in [0.25, 0.3) is 11.7 Å². The van der Waals surface area contributed by atoms with Crippen LogP contribution in [0.3, 0.4) is 0 Å². The number of carbonyl (C=O) groups is 2. The highest BCUT2D eigenvalue weighted by Crippen LogP contribution is 2.34. The molecule has 2 N–H and O–H groups in total. The average Bonchev–Trinajstić information content (AvgIpc) is 2.55. The van der Waals surface area contributed by atoms with E-state index in [0.717, 1.165) is 5.56 Å². The Morgan fingerprint density at radius 2 is 1.82 bits per heavy atom. The quantitative estimate of drug-likeness (QED) is 0.578. The minimum atomic E-state index is -0.501. The van der Waals surface area contributed by atoms with Crippen LogP contribution in [0.25, 0.3) is 0 Å².